The Morgan fingerprint density at radius 1 is 0.906 bits per heavy atom. The van der Waals surface area contributed by atoms with Gasteiger partial charge in [0.2, 0.25) is 9.84 Å². The summed E-state index contributed by atoms with van der Waals surface area (Å²) in [5.41, 5.74) is 3.46. The van der Waals surface area contributed by atoms with Crippen molar-refractivity contribution in [3.05, 3.63) is 85.3 Å². The van der Waals surface area contributed by atoms with Crippen molar-refractivity contribution in [3.63, 3.8) is 0 Å². The second kappa shape index (κ2) is 7.86. The van der Waals surface area contributed by atoms with Crippen LogP contribution in [0.15, 0.2) is 95.2 Å². The number of nitrogens with zero attached hydrogens (tertiary/aromatic N) is 5. The molecule has 5 aromatic rings. The van der Waals surface area contributed by atoms with Gasteiger partial charge in [-0.1, -0.05) is 18.2 Å². The number of rotatable bonds is 5. The topological polar surface area (TPSA) is 99.3 Å². The van der Waals surface area contributed by atoms with E-state index in [9.17, 15) is 8.42 Å². The first-order valence-electron chi connectivity index (χ1n) is 9.69. The van der Waals surface area contributed by atoms with E-state index >= 15 is 0 Å². The lowest BCUT2D eigenvalue weighted by Crippen LogP contribution is -2.05. The molecule has 0 bridgehead atoms. The van der Waals surface area contributed by atoms with E-state index in [4.69, 9.17) is 4.74 Å². The summed E-state index contributed by atoms with van der Waals surface area (Å²) in [6, 6.07) is 18.8. The minimum absolute atomic E-state index is 0.118. The van der Waals surface area contributed by atoms with Gasteiger partial charge in [-0.25, -0.2) is 12.9 Å². The van der Waals surface area contributed by atoms with Gasteiger partial charge in [0.15, 0.2) is 5.03 Å². The first-order chi connectivity index (χ1) is 15.6. The highest BCUT2D eigenvalue weighted by atomic mass is 32.2. The van der Waals surface area contributed by atoms with Crippen LogP contribution < -0.4 is 4.74 Å². The largest absolute Gasteiger partial charge is 0.497 e. The molecule has 0 saturated heterocycles. The summed E-state index contributed by atoms with van der Waals surface area (Å²) >= 11 is 0. The molecule has 0 aliphatic heterocycles. The summed E-state index contributed by atoms with van der Waals surface area (Å²) in [6.07, 6.45) is 5.07. The van der Waals surface area contributed by atoms with Gasteiger partial charge in [0.05, 0.1) is 35.0 Å². The number of hydrogen-bond acceptors (Lipinski definition) is 7. The Balaban J connectivity index is 1.63. The Bertz CT molecular complexity index is 1500. The SMILES string of the molecule is COc1ccc(-c2nn3ccncc3c2-c2ccc(S(=O)(=O)c3ccccc3)nn2)cc1. The molecule has 8 nitrogen and oxygen atoms in total. The number of sulfone groups is 1. The van der Waals surface area contributed by atoms with Crippen LogP contribution in [0, 0.1) is 0 Å². The van der Waals surface area contributed by atoms with E-state index in [-0.39, 0.29) is 9.92 Å². The Kier molecular flexibility index (Phi) is 4.87. The molecule has 32 heavy (non-hydrogen) atoms. The molecule has 3 heterocycles. The van der Waals surface area contributed by atoms with E-state index in [0.29, 0.717) is 17.0 Å². The quantitative estimate of drug-likeness (QED) is 0.408. The summed E-state index contributed by atoms with van der Waals surface area (Å²) in [5, 5.41) is 12.9. The van der Waals surface area contributed by atoms with Crippen molar-refractivity contribution in [2.24, 2.45) is 0 Å². The molecule has 0 aliphatic carbocycles. The van der Waals surface area contributed by atoms with E-state index in [0.717, 1.165) is 16.8 Å². The average Bonchev–Trinajstić information content (AvgIpc) is 3.24. The number of benzene rings is 2. The molecule has 3 aromatic heterocycles. The van der Waals surface area contributed by atoms with E-state index in [1.165, 1.54) is 18.2 Å². The molecule has 0 unspecified atom stereocenters. The molecule has 0 atom stereocenters. The monoisotopic (exact) mass is 443 g/mol. The van der Waals surface area contributed by atoms with Gasteiger partial charge in [0.1, 0.15) is 11.4 Å². The van der Waals surface area contributed by atoms with Crippen LogP contribution in [-0.2, 0) is 9.84 Å². The van der Waals surface area contributed by atoms with Gasteiger partial charge in [-0.15, -0.1) is 10.2 Å². The van der Waals surface area contributed by atoms with Gasteiger partial charge in [0, 0.05) is 18.0 Å². The molecule has 5 rings (SSSR count). The van der Waals surface area contributed by atoms with Gasteiger partial charge in [0.25, 0.3) is 0 Å². The van der Waals surface area contributed by atoms with Crippen molar-refractivity contribution < 1.29 is 13.2 Å². The lowest BCUT2D eigenvalue weighted by Gasteiger charge is -2.06. The van der Waals surface area contributed by atoms with Crippen molar-refractivity contribution in [2.75, 3.05) is 7.11 Å². The van der Waals surface area contributed by atoms with Crippen LogP contribution in [0.2, 0.25) is 0 Å². The first kappa shape index (κ1) is 19.8. The van der Waals surface area contributed by atoms with Crippen molar-refractivity contribution in [1.82, 2.24) is 24.8 Å². The molecule has 0 spiro atoms. The fourth-order valence-corrected chi connectivity index (χ4v) is 4.57. The lowest BCUT2D eigenvalue weighted by atomic mass is 10.0. The van der Waals surface area contributed by atoms with Crippen LogP contribution in [0.5, 0.6) is 5.75 Å². The van der Waals surface area contributed by atoms with Crippen LogP contribution in [0.25, 0.3) is 28.0 Å². The Hall–Kier alpha value is -4.11. The molecule has 158 valence electrons. The molecule has 0 amide bonds. The fourth-order valence-electron chi connectivity index (χ4n) is 3.42. The summed E-state index contributed by atoms with van der Waals surface area (Å²) in [5.74, 6) is 0.732. The smallest absolute Gasteiger partial charge is 0.225 e. The number of methoxy groups -OCH3 is 1. The summed E-state index contributed by atoms with van der Waals surface area (Å²) in [4.78, 5) is 4.37. The van der Waals surface area contributed by atoms with Crippen LogP contribution in [0.4, 0.5) is 0 Å². The third-order valence-corrected chi connectivity index (χ3v) is 6.69. The summed E-state index contributed by atoms with van der Waals surface area (Å²) in [6.45, 7) is 0. The molecular formula is C23H17N5O3S. The third kappa shape index (κ3) is 3.38. The first-order valence-corrected chi connectivity index (χ1v) is 11.2. The average molecular weight is 443 g/mol. The minimum Gasteiger partial charge on any atom is -0.497 e. The third-order valence-electron chi connectivity index (χ3n) is 5.03. The van der Waals surface area contributed by atoms with Gasteiger partial charge >= 0.3 is 0 Å². The molecule has 0 saturated carbocycles. The van der Waals surface area contributed by atoms with Gasteiger partial charge in [-0.2, -0.15) is 5.10 Å². The normalized spacial score (nSPS) is 11.5. The van der Waals surface area contributed by atoms with E-state index in [1.54, 1.807) is 54.5 Å². The molecule has 0 fully saturated rings. The standard InChI is InChI=1S/C23H17N5O3S/c1-31-17-9-7-16(8-10-17)23-22(20-15-24-13-14-28(20)27-23)19-11-12-21(26-25-19)32(29,30)18-5-3-2-4-6-18/h2-15H,1H3. The zero-order valence-corrected chi connectivity index (χ0v) is 17.8. The van der Waals surface area contributed by atoms with Crippen molar-refractivity contribution in [3.8, 4) is 28.3 Å². The number of hydrogen-bond donors (Lipinski definition) is 0. The fraction of sp³-hybridized carbons (Fsp3) is 0.0435. The minimum atomic E-state index is -3.76. The highest BCUT2D eigenvalue weighted by Crippen LogP contribution is 2.34. The summed E-state index contributed by atoms with van der Waals surface area (Å²) < 4.78 is 32.7. The number of aromatic nitrogens is 5. The maximum Gasteiger partial charge on any atom is 0.225 e. The maximum atomic E-state index is 12.9. The summed E-state index contributed by atoms with van der Waals surface area (Å²) in [7, 11) is -2.15. The predicted octanol–water partition coefficient (Wildman–Crippen LogP) is 3.69. The molecule has 0 aliphatic rings. The van der Waals surface area contributed by atoms with Gasteiger partial charge < -0.3 is 4.74 Å². The second-order valence-corrected chi connectivity index (χ2v) is 8.83. The molecular weight excluding hydrogens is 426 g/mol. The highest BCUT2D eigenvalue weighted by Gasteiger charge is 2.22. The predicted molar refractivity (Wildman–Crippen MR) is 118 cm³/mol. The van der Waals surface area contributed by atoms with Crippen LogP contribution >= 0.6 is 0 Å². The highest BCUT2D eigenvalue weighted by molar-refractivity contribution is 7.91. The molecule has 9 heteroatoms. The Morgan fingerprint density at radius 2 is 1.69 bits per heavy atom. The zero-order valence-electron chi connectivity index (χ0n) is 17.0. The van der Waals surface area contributed by atoms with Crippen LogP contribution in [0.1, 0.15) is 0 Å². The van der Waals surface area contributed by atoms with E-state index in [2.05, 4.69) is 20.3 Å². The van der Waals surface area contributed by atoms with Gasteiger partial charge in [-0.05, 0) is 48.5 Å². The molecule has 2 aromatic carbocycles. The Morgan fingerprint density at radius 3 is 2.38 bits per heavy atom. The molecule has 0 N–H and O–H groups in total. The van der Waals surface area contributed by atoms with Crippen molar-refractivity contribution >= 4 is 15.4 Å². The van der Waals surface area contributed by atoms with Crippen molar-refractivity contribution in [2.45, 2.75) is 9.92 Å². The molecule has 0 radical (unpaired) electrons. The van der Waals surface area contributed by atoms with Crippen molar-refractivity contribution in [1.29, 1.82) is 0 Å². The van der Waals surface area contributed by atoms with Gasteiger partial charge in [-0.3, -0.25) is 4.98 Å². The number of fused-ring (bicyclic) bond motifs is 1. The second-order valence-electron chi connectivity index (χ2n) is 6.93. The van der Waals surface area contributed by atoms with Crippen LogP contribution in [0.3, 0.4) is 0 Å². The van der Waals surface area contributed by atoms with E-state index < -0.39 is 9.84 Å². The zero-order chi connectivity index (χ0) is 22.1. The van der Waals surface area contributed by atoms with E-state index in [1.807, 2.05) is 24.3 Å². The number of ether oxygens (including phenoxy) is 1. The van der Waals surface area contributed by atoms with Crippen LogP contribution in [-0.4, -0.2) is 40.3 Å². The lowest BCUT2D eigenvalue weighted by molar-refractivity contribution is 0.415. The Labute approximate surface area is 184 Å². The maximum absolute atomic E-state index is 12.9.